The fourth-order valence-corrected chi connectivity index (χ4v) is 3.73. The summed E-state index contributed by atoms with van der Waals surface area (Å²) in [7, 11) is 0. The molecule has 3 heterocycles. The highest BCUT2D eigenvalue weighted by Crippen LogP contribution is 2.35. The topological polar surface area (TPSA) is 120 Å². The standard InChI is InChI=1S/C18H20N6.C2HF3O2/c19-8-1-2-13-3-5-15(6-4-13)24-11-14(10-23-24)17-16-7-9-20-18(16)22-12-21-17;3-2(4,5)1(6)7/h7,9-13,15H,1-6H2,(H,20,21,22);(H,6,7). The molecule has 1 aliphatic rings. The fraction of sp³-hybridized carbons (Fsp3) is 0.450. The normalized spacial score (nSPS) is 18.8. The number of fused-ring (bicyclic) bond motifs is 1. The minimum absolute atomic E-state index is 0.459. The SMILES string of the molecule is N#CCCC1CCC(n2cc(-c3ncnc4[nH]ccc34)cn2)CC1.O=C(O)C(F)(F)F. The first kappa shape index (κ1) is 22.3. The molecule has 1 fully saturated rings. The first-order valence-corrected chi connectivity index (χ1v) is 9.79. The van der Waals surface area contributed by atoms with Gasteiger partial charge in [0.2, 0.25) is 0 Å². The molecule has 11 heteroatoms. The molecule has 1 aliphatic carbocycles. The van der Waals surface area contributed by atoms with Crippen molar-refractivity contribution in [3.63, 3.8) is 0 Å². The second kappa shape index (κ2) is 9.59. The molecular weight excluding hydrogens is 413 g/mol. The highest BCUT2D eigenvalue weighted by molar-refractivity contribution is 5.89. The lowest BCUT2D eigenvalue weighted by atomic mass is 9.83. The molecule has 0 bridgehead atoms. The number of carbonyl (C=O) groups is 1. The molecule has 0 atom stereocenters. The Hall–Kier alpha value is -3.42. The third-order valence-electron chi connectivity index (χ3n) is 5.33. The first-order chi connectivity index (χ1) is 14.8. The zero-order valence-electron chi connectivity index (χ0n) is 16.5. The van der Waals surface area contributed by atoms with Crippen molar-refractivity contribution in [1.29, 1.82) is 5.26 Å². The maximum atomic E-state index is 10.6. The van der Waals surface area contributed by atoms with Crippen molar-refractivity contribution in [2.24, 2.45) is 5.92 Å². The van der Waals surface area contributed by atoms with Crippen molar-refractivity contribution in [3.8, 4) is 17.3 Å². The summed E-state index contributed by atoms with van der Waals surface area (Å²) in [5.74, 6) is -2.05. The number of hydrogen-bond acceptors (Lipinski definition) is 5. The third-order valence-corrected chi connectivity index (χ3v) is 5.33. The number of aromatic nitrogens is 5. The zero-order chi connectivity index (χ0) is 22.4. The Balaban J connectivity index is 0.000000339. The number of alkyl halides is 3. The summed E-state index contributed by atoms with van der Waals surface area (Å²) in [6, 6.07) is 4.72. The van der Waals surface area contributed by atoms with Gasteiger partial charge in [-0.15, -0.1) is 0 Å². The van der Waals surface area contributed by atoms with Crippen LogP contribution in [-0.4, -0.2) is 42.0 Å². The van der Waals surface area contributed by atoms with E-state index in [0.717, 1.165) is 41.6 Å². The summed E-state index contributed by atoms with van der Waals surface area (Å²) in [5.41, 5.74) is 2.81. The van der Waals surface area contributed by atoms with E-state index in [1.807, 2.05) is 18.5 Å². The van der Waals surface area contributed by atoms with E-state index >= 15 is 0 Å². The average Bonchev–Trinajstić information content (AvgIpc) is 3.42. The molecule has 0 aromatic carbocycles. The first-order valence-electron chi connectivity index (χ1n) is 9.79. The smallest absolute Gasteiger partial charge is 0.475 e. The highest BCUT2D eigenvalue weighted by atomic mass is 19.4. The highest BCUT2D eigenvalue weighted by Gasteiger charge is 2.38. The zero-order valence-corrected chi connectivity index (χ0v) is 16.5. The van der Waals surface area contributed by atoms with Gasteiger partial charge in [-0.1, -0.05) is 0 Å². The lowest BCUT2D eigenvalue weighted by Crippen LogP contribution is -2.21. The molecule has 2 N–H and O–H groups in total. The number of halogens is 3. The van der Waals surface area contributed by atoms with Crippen molar-refractivity contribution in [2.75, 3.05) is 0 Å². The van der Waals surface area contributed by atoms with Gasteiger partial charge in [0.15, 0.2) is 0 Å². The molecule has 0 saturated heterocycles. The lowest BCUT2D eigenvalue weighted by molar-refractivity contribution is -0.192. The Morgan fingerprint density at radius 1 is 1.29 bits per heavy atom. The number of aromatic amines is 1. The predicted octanol–water partition coefficient (Wildman–Crippen LogP) is 4.49. The van der Waals surface area contributed by atoms with Gasteiger partial charge in [0.05, 0.1) is 24.0 Å². The van der Waals surface area contributed by atoms with Crippen LogP contribution in [0.15, 0.2) is 31.0 Å². The minimum Gasteiger partial charge on any atom is -0.475 e. The number of nitrogens with one attached hydrogen (secondary N) is 1. The van der Waals surface area contributed by atoms with Gasteiger partial charge < -0.3 is 10.1 Å². The second-order valence-corrected chi connectivity index (χ2v) is 7.35. The van der Waals surface area contributed by atoms with Crippen LogP contribution in [0.4, 0.5) is 13.2 Å². The Morgan fingerprint density at radius 3 is 2.65 bits per heavy atom. The van der Waals surface area contributed by atoms with Crippen molar-refractivity contribution in [3.05, 3.63) is 31.0 Å². The van der Waals surface area contributed by atoms with E-state index in [2.05, 4.69) is 37.0 Å². The summed E-state index contributed by atoms with van der Waals surface area (Å²) in [6.07, 6.45) is 8.78. The van der Waals surface area contributed by atoms with Crippen LogP contribution in [0.2, 0.25) is 0 Å². The molecular formula is C20H21F3N6O2. The summed E-state index contributed by atoms with van der Waals surface area (Å²) >= 11 is 0. The van der Waals surface area contributed by atoms with E-state index in [-0.39, 0.29) is 0 Å². The van der Waals surface area contributed by atoms with E-state index in [1.54, 1.807) is 6.33 Å². The number of carboxylic acids is 1. The fourth-order valence-electron chi connectivity index (χ4n) is 3.73. The van der Waals surface area contributed by atoms with Crippen LogP contribution in [0.1, 0.15) is 44.6 Å². The number of nitriles is 1. The largest absolute Gasteiger partial charge is 0.490 e. The molecule has 0 radical (unpaired) electrons. The maximum absolute atomic E-state index is 10.6. The number of H-pyrrole nitrogens is 1. The molecule has 1 saturated carbocycles. The van der Waals surface area contributed by atoms with E-state index in [4.69, 9.17) is 15.2 Å². The lowest BCUT2D eigenvalue weighted by Gasteiger charge is -2.28. The average molecular weight is 434 g/mol. The number of aliphatic carboxylic acids is 1. The van der Waals surface area contributed by atoms with Gasteiger partial charge in [0.1, 0.15) is 12.0 Å². The molecule has 4 rings (SSSR count). The number of carboxylic acid groups (broad SMARTS) is 1. The summed E-state index contributed by atoms with van der Waals surface area (Å²) in [4.78, 5) is 20.7. The van der Waals surface area contributed by atoms with Crippen LogP contribution in [0.25, 0.3) is 22.3 Å². The molecule has 0 spiro atoms. The third kappa shape index (κ3) is 5.59. The Labute approximate surface area is 175 Å². The van der Waals surface area contributed by atoms with Crippen molar-refractivity contribution in [2.45, 2.75) is 50.7 Å². The minimum atomic E-state index is -5.08. The number of hydrogen-bond donors (Lipinski definition) is 2. The molecule has 0 amide bonds. The Bertz CT molecular complexity index is 1060. The number of rotatable bonds is 4. The van der Waals surface area contributed by atoms with Crippen molar-refractivity contribution < 1.29 is 23.1 Å². The molecule has 164 valence electrons. The Kier molecular flexibility index (Phi) is 6.89. The van der Waals surface area contributed by atoms with Crippen LogP contribution < -0.4 is 0 Å². The quantitative estimate of drug-likeness (QED) is 0.624. The molecule has 3 aromatic rings. The molecule has 3 aromatic heterocycles. The molecule has 8 nitrogen and oxygen atoms in total. The summed E-state index contributed by atoms with van der Waals surface area (Å²) in [5, 5.41) is 21.5. The molecule has 0 aliphatic heterocycles. The summed E-state index contributed by atoms with van der Waals surface area (Å²) in [6.45, 7) is 0. The van der Waals surface area contributed by atoms with E-state index in [9.17, 15) is 13.2 Å². The van der Waals surface area contributed by atoms with Gasteiger partial charge in [-0.05, 0) is 44.1 Å². The van der Waals surface area contributed by atoms with Gasteiger partial charge in [0, 0.05) is 29.8 Å². The van der Waals surface area contributed by atoms with Crippen LogP contribution in [-0.2, 0) is 4.79 Å². The van der Waals surface area contributed by atoms with E-state index in [0.29, 0.717) is 18.4 Å². The molecule has 31 heavy (non-hydrogen) atoms. The predicted molar refractivity (Wildman–Crippen MR) is 105 cm³/mol. The summed E-state index contributed by atoms with van der Waals surface area (Å²) < 4.78 is 33.8. The van der Waals surface area contributed by atoms with Crippen molar-refractivity contribution >= 4 is 17.0 Å². The van der Waals surface area contributed by atoms with Crippen LogP contribution >= 0.6 is 0 Å². The van der Waals surface area contributed by atoms with Gasteiger partial charge in [0.25, 0.3) is 0 Å². The van der Waals surface area contributed by atoms with Gasteiger partial charge in [-0.3, -0.25) is 4.68 Å². The monoisotopic (exact) mass is 434 g/mol. The van der Waals surface area contributed by atoms with Gasteiger partial charge in [-0.25, -0.2) is 14.8 Å². The maximum Gasteiger partial charge on any atom is 0.490 e. The van der Waals surface area contributed by atoms with Crippen LogP contribution in [0, 0.1) is 17.2 Å². The Morgan fingerprint density at radius 2 is 2.00 bits per heavy atom. The van der Waals surface area contributed by atoms with E-state index in [1.165, 1.54) is 12.8 Å². The van der Waals surface area contributed by atoms with Gasteiger partial charge in [-0.2, -0.15) is 23.5 Å². The van der Waals surface area contributed by atoms with Crippen LogP contribution in [0.3, 0.4) is 0 Å². The van der Waals surface area contributed by atoms with Crippen molar-refractivity contribution in [1.82, 2.24) is 24.7 Å². The second-order valence-electron chi connectivity index (χ2n) is 7.35. The van der Waals surface area contributed by atoms with Crippen LogP contribution in [0.5, 0.6) is 0 Å². The van der Waals surface area contributed by atoms with Gasteiger partial charge >= 0.3 is 12.1 Å². The molecule has 0 unspecified atom stereocenters. The number of nitrogens with zero attached hydrogens (tertiary/aromatic N) is 5. The van der Waals surface area contributed by atoms with E-state index < -0.39 is 12.1 Å².